The largest absolute Gasteiger partial charge is 0.356 e. The van der Waals surface area contributed by atoms with Crippen LogP contribution in [0.4, 0.5) is 0 Å². The van der Waals surface area contributed by atoms with Crippen molar-refractivity contribution in [3.63, 3.8) is 0 Å². The average Bonchev–Trinajstić information content (AvgIpc) is 2.04. The molecular weight excluding hydrogens is 166 g/mol. The molecule has 0 aromatic heterocycles. The molecule has 76 valence electrons. The van der Waals surface area contributed by atoms with Crippen LogP contribution in [0.2, 0.25) is 0 Å². The molecule has 1 amide bonds. The number of rotatable bonds is 6. The summed E-state index contributed by atoms with van der Waals surface area (Å²) in [7, 11) is 0. The van der Waals surface area contributed by atoms with Gasteiger partial charge in [0.15, 0.2) is 0 Å². The monoisotopic (exact) mass is 185 g/mol. The second-order valence-corrected chi connectivity index (χ2v) is 3.45. The highest BCUT2D eigenvalue weighted by Gasteiger charge is 2.07. The van der Waals surface area contributed by atoms with E-state index in [4.69, 9.17) is 0 Å². The Bertz CT molecular complexity index is 160. The normalized spacial score (nSPS) is 12.2. The average molecular weight is 185 g/mol. The van der Waals surface area contributed by atoms with Gasteiger partial charge in [-0.15, -0.1) is 0 Å². The van der Waals surface area contributed by atoms with E-state index < -0.39 is 0 Å². The van der Waals surface area contributed by atoms with E-state index in [9.17, 15) is 9.59 Å². The minimum absolute atomic E-state index is 0.00118. The summed E-state index contributed by atoms with van der Waals surface area (Å²) < 4.78 is 0. The Labute approximate surface area is 79.9 Å². The molecule has 0 aromatic carbocycles. The van der Waals surface area contributed by atoms with Crippen LogP contribution in [0.3, 0.4) is 0 Å². The molecule has 0 bridgehead atoms. The van der Waals surface area contributed by atoms with E-state index in [0.29, 0.717) is 18.9 Å². The van der Waals surface area contributed by atoms with E-state index in [1.54, 1.807) is 6.92 Å². The first-order valence-electron chi connectivity index (χ1n) is 4.80. The van der Waals surface area contributed by atoms with Gasteiger partial charge in [0.1, 0.15) is 5.78 Å². The molecule has 1 N–H and O–H groups in total. The topological polar surface area (TPSA) is 46.2 Å². The number of nitrogens with one attached hydrogen (secondary N) is 1. The first-order chi connectivity index (χ1) is 6.06. The van der Waals surface area contributed by atoms with Crippen molar-refractivity contribution < 1.29 is 9.59 Å². The van der Waals surface area contributed by atoms with Crippen LogP contribution in [0.25, 0.3) is 0 Å². The molecule has 0 rings (SSSR count). The van der Waals surface area contributed by atoms with E-state index in [0.717, 1.165) is 12.8 Å². The SMILES string of the molecule is CCC(CCC(C)=O)CNC(C)=O. The summed E-state index contributed by atoms with van der Waals surface area (Å²) in [4.78, 5) is 21.3. The molecule has 0 aromatic rings. The maximum absolute atomic E-state index is 10.7. The standard InChI is InChI=1S/C10H19NO2/c1-4-10(6-5-8(2)12)7-11-9(3)13/h10H,4-7H2,1-3H3,(H,11,13). The van der Waals surface area contributed by atoms with Gasteiger partial charge < -0.3 is 10.1 Å². The molecule has 13 heavy (non-hydrogen) atoms. The maximum Gasteiger partial charge on any atom is 0.216 e. The highest BCUT2D eigenvalue weighted by Crippen LogP contribution is 2.09. The van der Waals surface area contributed by atoms with Crippen LogP contribution >= 0.6 is 0 Å². The van der Waals surface area contributed by atoms with Crippen molar-refractivity contribution in [1.82, 2.24) is 5.32 Å². The number of hydrogen-bond donors (Lipinski definition) is 1. The summed E-state index contributed by atoms with van der Waals surface area (Å²) in [6.45, 7) is 5.88. The van der Waals surface area contributed by atoms with Gasteiger partial charge in [-0.25, -0.2) is 0 Å². The van der Waals surface area contributed by atoms with Crippen LogP contribution in [0, 0.1) is 5.92 Å². The van der Waals surface area contributed by atoms with Crippen LogP contribution in [0.15, 0.2) is 0 Å². The highest BCUT2D eigenvalue weighted by atomic mass is 16.1. The van der Waals surface area contributed by atoms with E-state index in [-0.39, 0.29) is 11.7 Å². The summed E-state index contributed by atoms with van der Waals surface area (Å²) in [5.74, 6) is 0.662. The Morgan fingerprint density at radius 2 is 1.92 bits per heavy atom. The Kier molecular flexibility index (Phi) is 6.20. The van der Waals surface area contributed by atoms with Gasteiger partial charge in [0.05, 0.1) is 0 Å². The fraction of sp³-hybridized carbons (Fsp3) is 0.800. The van der Waals surface area contributed by atoms with Gasteiger partial charge in [-0.2, -0.15) is 0 Å². The van der Waals surface area contributed by atoms with Gasteiger partial charge in [0, 0.05) is 19.9 Å². The summed E-state index contributed by atoms with van der Waals surface area (Å²) in [6.07, 6.45) is 2.51. The minimum atomic E-state index is 0.00118. The van der Waals surface area contributed by atoms with Crippen molar-refractivity contribution in [3.05, 3.63) is 0 Å². The second kappa shape index (κ2) is 6.63. The molecule has 0 radical (unpaired) electrons. The van der Waals surface area contributed by atoms with Crippen LogP contribution in [0.5, 0.6) is 0 Å². The molecule has 0 aliphatic heterocycles. The van der Waals surface area contributed by atoms with Crippen molar-refractivity contribution in [3.8, 4) is 0 Å². The van der Waals surface area contributed by atoms with Gasteiger partial charge in [-0.3, -0.25) is 4.79 Å². The fourth-order valence-electron chi connectivity index (χ4n) is 1.15. The van der Waals surface area contributed by atoms with Crippen molar-refractivity contribution in [2.24, 2.45) is 5.92 Å². The lowest BCUT2D eigenvalue weighted by atomic mass is 9.99. The van der Waals surface area contributed by atoms with Gasteiger partial charge in [-0.1, -0.05) is 13.3 Å². The number of ketones is 1. The second-order valence-electron chi connectivity index (χ2n) is 3.45. The molecule has 1 atom stereocenters. The van der Waals surface area contributed by atoms with E-state index >= 15 is 0 Å². The van der Waals surface area contributed by atoms with Gasteiger partial charge in [-0.05, 0) is 19.3 Å². The number of carbonyl (C=O) groups is 2. The predicted molar refractivity (Wildman–Crippen MR) is 52.4 cm³/mol. The van der Waals surface area contributed by atoms with Crippen molar-refractivity contribution in [2.75, 3.05) is 6.54 Å². The molecule has 3 nitrogen and oxygen atoms in total. The quantitative estimate of drug-likeness (QED) is 0.682. The van der Waals surface area contributed by atoms with Crippen LogP contribution in [-0.2, 0) is 9.59 Å². The summed E-state index contributed by atoms with van der Waals surface area (Å²) in [5.41, 5.74) is 0. The Morgan fingerprint density at radius 1 is 1.31 bits per heavy atom. The van der Waals surface area contributed by atoms with E-state index in [1.165, 1.54) is 6.92 Å². The third-order valence-electron chi connectivity index (χ3n) is 2.12. The Hall–Kier alpha value is -0.860. The lowest BCUT2D eigenvalue weighted by molar-refractivity contribution is -0.119. The Morgan fingerprint density at radius 3 is 2.31 bits per heavy atom. The first-order valence-corrected chi connectivity index (χ1v) is 4.80. The molecule has 3 heteroatoms. The third-order valence-corrected chi connectivity index (χ3v) is 2.12. The number of hydrogen-bond acceptors (Lipinski definition) is 2. The Balaban J connectivity index is 3.63. The van der Waals surface area contributed by atoms with Gasteiger partial charge in [0.25, 0.3) is 0 Å². The lowest BCUT2D eigenvalue weighted by Crippen LogP contribution is -2.27. The molecule has 0 spiro atoms. The molecule has 0 saturated heterocycles. The minimum Gasteiger partial charge on any atom is -0.356 e. The molecule has 0 aliphatic rings. The molecular formula is C10H19NO2. The highest BCUT2D eigenvalue weighted by molar-refractivity contribution is 5.75. The van der Waals surface area contributed by atoms with Crippen LogP contribution in [0.1, 0.15) is 40.0 Å². The number of Topliss-reactive ketones (excluding diaryl/α,β-unsaturated/α-hetero) is 1. The summed E-state index contributed by atoms with van der Waals surface area (Å²) in [6, 6.07) is 0. The van der Waals surface area contributed by atoms with Crippen molar-refractivity contribution in [2.45, 2.75) is 40.0 Å². The summed E-state index contributed by atoms with van der Waals surface area (Å²) >= 11 is 0. The van der Waals surface area contributed by atoms with Gasteiger partial charge in [0.2, 0.25) is 5.91 Å². The van der Waals surface area contributed by atoms with Crippen molar-refractivity contribution in [1.29, 1.82) is 0 Å². The molecule has 0 fully saturated rings. The van der Waals surface area contributed by atoms with Crippen molar-refractivity contribution >= 4 is 11.7 Å². The first kappa shape index (κ1) is 12.1. The maximum atomic E-state index is 10.7. The zero-order valence-electron chi connectivity index (χ0n) is 8.72. The predicted octanol–water partition coefficient (Wildman–Crippen LogP) is 1.52. The molecule has 0 saturated carbocycles. The molecule has 1 unspecified atom stereocenters. The number of amides is 1. The zero-order valence-corrected chi connectivity index (χ0v) is 8.72. The summed E-state index contributed by atoms with van der Waals surface area (Å²) in [5, 5.41) is 2.77. The lowest BCUT2D eigenvalue weighted by Gasteiger charge is -2.13. The van der Waals surface area contributed by atoms with Gasteiger partial charge >= 0.3 is 0 Å². The van der Waals surface area contributed by atoms with Crippen LogP contribution < -0.4 is 5.32 Å². The molecule has 0 aliphatic carbocycles. The van der Waals surface area contributed by atoms with E-state index in [1.807, 2.05) is 0 Å². The van der Waals surface area contributed by atoms with E-state index in [2.05, 4.69) is 12.2 Å². The van der Waals surface area contributed by atoms with Crippen LogP contribution in [-0.4, -0.2) is 18.2 Å². The number of carbonyl (C=O) groups excluding carboxylic acids is 2. The smallest absolute Gasteiger partial charge is 0.216 e. The molecule has 0 heterocycles. The fourth-order valence-corrected chi connectivity index (χ4v) is 1.15. The zero-order chi connectivity index (χ0) is 10.3. The third kappa shape index (κ3) is 7.50.